The van der Waals surface area contributed by atoms with E-state index >= 15 is 0 Å². The Balaban J connectivity index is 2.04. The maximum atomic E-state index is 11.6. The molecule has 2 fully saturated rings. The van der Waals surface area contributed by atoms with Gasteiger partial charge in [0.2, 0.25) is 5.91 Å². The zero-order chi connectivity index (χ0) is 18.0. The summed E-state index contributed by atoms with van der Waals surface area (Å²) in [5.74, 6) is 1.15. The summed E-state index contributed by atoms with van der Waals surface area (Å²) in [6, 6.07) is 5.65. The Labute approximate surface area is 148 Å². The molecule has 138 valence electrons. The van der Waals surface area contributed by atoms with Gasteiger partial charge in [-0.1, -0.05) is 18.9 Å². The van der Waals surface area contributed by atoms with Gasteiger partial charge in [-0.25, -0.2) is 0 Å². The van der Waals surface area contributed by atoms with Crippen molar-refractivity contribution in [2.45, 2.75) is 43.7 Å². The summed E-state index contributed by atoms with van der Waals surface area (Å²) >= 11 is 0. The lowest BCUT2D eigenvalue weighted by molar-refractivity contribution is -0.136. The first-order valence-electron chi connectivity index (χ1n) is 8.95. The molecule has 0 bridgehead atoms. The van der Waals surface area contributed by atoms with Gasteiger partial charge in [-0.3, -0.25) is 9.69 Å². The third kappa shape index (κ3) is 3.46. The first-order chi connectivity index (χ1) is 12.0. The zero-order valence-corrected chi connectivity index (χ0v) is 15.0. The number of carbonyl (C=O) groups is 1. The molecule has 6 nitrogen and oxygen atoms in total. The number of methoxy groups -OCH3 is 2. The highest BCUT2D eigenvalue weighted by molar-refractivity contribution is 5.76. The van der Waals surface area contributed by atoms with Crippen molar-refractivity contribution in [1.82, 2.24) is 4.90 Å². The van der Waals surface area contributed by atoms with Crippen molar-refractivity contribution in [3.63, 3.8) is 0 Å². The largest absolute Gasteiger partial charge is 0.497 e. The van der Waals surface area contributed by atoms with Gasteiger partial charge in [0, 0.05) is 30.1 Å². The molecule has 3 N–H and O–H groups in total. The van der Waals surface area contributed by atoms with Crippen molar-refractivity contribution in [3.05, 3.63) is 23.8 Å². The number of aliphatic hydroxyl groups is 1. The molecule has 1 aromatic rings. The molecule has 0 radical (unpaired) electrons. The Bertz CT molecular complexity index is 636. The van der Waals surface area contributed by atoms with E-state index in [9.17, 15) is 9.90 Å². The van der Waals surface area contributed by atoms with Crippen LogP contribution in [0.25, 0.3) is 0 Å². The zero-order valence-electron chi connectivity index (χ0n) is 15.0. The van der Waals surface area contributed by atoms with Crippen molar-refractivity contribution in [1.29, 1.82) is 0 Å². The van der Waals surface area contributed by atoms with E-state index in [1.807, 2.05) is 18.2 Å². The molecule has 3 rings (SSSR count). The first kappa shape index (κ1) is 18.0. The Morgan fingerprint density at radius 1 is 1.32 bits per heavy atom. The summed E-state index contributed by atoms with van der Waals surface area (Å²) < 4.78 is 10.9. The van der Waals surface area contributed by atoms with Gasteiger partial charge < -0.3 is 20.3 Å². The summed E-state index contributed by atoms with van der Waals surface area (Å²) in [7, 11) is 3.25. The minimum Gasteiger partial charge on any atom is -0.497 e. The van der Waals surface area contributed by atoms with Crippen LogP contribution in [0.4, 0.5) is 0 Å². The van der Waals surface area contributed by atoms with Crippen LogP contribution in [0.3, 0.4) is 0 Å². The van der Waals surface area contributed by atoms with E-state index in [4.69, 9.17) is 15.2 Å². The van der Waals surface area contributed by atoms with E-state index in [1.54, 1.807) is 14.2 Å². The minimum atomic E-state index is -0.679. The normalized spacial score (nSPS) is 29.7. The summed E-state index contributed by atoms with van der Waals surface area (Å²) in [6.45, 7) is 0.836. The number of piperidine rings is 1. The number of benzene rings is 1. The minimum absolute atomic E-state index is 0.0663. The molecule has 1 saturated carbocycles. The average molecular weight is 348 g/mol. The number of likely N-dealkylation sites (tertiary alicyclic amines) is 1. The number of ether oxygens (including phenoxy) is 2. The van der Waals surface area contributed by atoms with Crippen LogP contribution >= 0.6 is 0 Å². The lowest BCUT2D eigenvalue weighted by Gasteiger charge is -2.52. The SMILES string of the molecule is COc1ccc([C@H]2[C@H]3CCCC[C@]3(O)CCN2CC(N)=O)c(OC)c1. The molecule has 3 atom stereocenters. The van der Waals surface area contributed by atoms with Crippen molar-refractivity contribution < 1.29 is 19.4 Å². The molecule has 1 aliphatic carbocycles. The first-order valence-corrected chi connectivity index (χ1v) is 8.95. The standard InChI is InChI=1S/C19H28N2O4/c1-24-13-6-7-14(16(11-13)25-2)18-15-5-3-4-8-19(15,23)9-10-21(18)12-17(20)22/h6-7,11,15,18,23H,3-5,8-10,12H2,1-2H3,(H2,20,22)/t15-,18+,19+/m1/s1. The Morgan fingerprint density at radius 2 is 2.12 bits per heavy atom. The van der Waals surface area contributed by atoms with Gasteiger partial charge in [0.1, 0.15) is 11.5 Å². The van der Waals surface area contributed by atoms with Crippen LogP contribution in [0.15, 0.2) is 18.2 Å². The second-order valence-corrected chi connectivity index (χ2v) is 7.20. The molecule has 1 heterocycles. The number of carbonyl (C=O) groups excluding carboxylic acids is 1. The van der Waals surface area contributed by atoms with Gasteiger partial charge in [0.15, 0.2) is 0 Å². The topological polar surface area (TPSA) is 85.0 Å². The summed E-state index contributed by atoms with van der Waals surface area (Å²) in [5.41, 5.74) is 5.79. The fourth-order valence-electron chi connectivity index (χ4n) is 4.60. The monoisotopic (exact) mass is 348 g/mol. The predicted octanol–water partition coefficient (Wildman–Crippen LogP) is 1.86. The molecular weight excluding hydrogens is 320 g/mol. The highest BCUT2D eigenvalue weighted by atomic mass is 16.5. The van der Waals surface area contributed by atoms with Crippen molar-refractivity contribution in [2.75, 3.05) is 27.3 Å². The third-order valence-electron chi connectivity index (χ3n) is 5.79. The van der Waals surface area contributed by atoms with Crippen LogP contribution in [-0.2, 0) is 4.79 Å². The van der Waals surface area contributed by atoms with E-state index in [0.29, 0.717) is 18.7 Å². The molecular formula is C19H28N2O4. The lowest BCUT2D eigenvalue weighted by atomic mass is 9.66. The van der Waals surface area contributed by atoms with Crippen molar-refractivity contribution >= 4 is 5.91 Å². The van der Waals surface area contributed by atoms with E-state index in [2.05, 4.69) is 4.90 Å². The smallest absolute Gasteiger partial charge is 0.231 e. The molecule has 1 amide bonds. The molecule has 1 saturated heterocycles. The lowest BCUT2D eigenvalue weighted by Crippen LogP contribution is -2.56. The number of hydrogen-bond donors (Lipinski definition) is 2. The molecule has 0 spiro atoms. The second kappa shape index (κ2) is 7.22. The van der Waals surface area contributed by atoms with E-state index in [1.165, 1.54) is 0 Å². The quantitative estimate of drug-likeness (QED) is 0.848. The van der Waals surface area contributed by atoms with Crippen molar-refractivity contribution in [3.8, 4) is 11.5 Å². The summed E-state index contributed by atoms with van der Waals surface area (Å²) in [5, 5.41) is 11.2. The Kier molecular flexibility index (Phi) is 5.20. The number of nitrogens with two attached hydrogens (primary N) is 1. The Hall–Kier alpha value is -1.79. The van der Waals surface area contributed by atoms with Crippen LogP contribution in [0.2, 0.25) is 0 Å². The van der Waals surface area contributed by atoms with Crippen LogP contribution in [0.5, 0.6) is 11.5 Å². The van der Waals surface area contributed by atoms with Gasteiger partial charge in [0.25, 0.3) is 0 Å². The Morgan fingerprint density at radius 3 is 2.80 bits per heavy atom. The number of fused-ring (bicyclic) bond motifs is 1. The number of primary amides is 1. The molecule has 2 aliphatic rings. The molecule has 6 heteroatoms. The number of rotatable bonds is 5. The van der Waals surface area contributed by atoms with Gasteiger partial charge >= 0.3 is 0 Å². The predicted molar refractivity (Wildman–Crippen MR) is 94.6 cm³/mol. The summed E-state index contributed by atoms with van der Waals surface area (Å²) in [6.07, 6.45) is 4.57. The van der Waals surface area contributed by atoms with Crippen LogP contribution in [0, 0.1) is 5.92 Å². The molecule has 1 aromatic carbocycles. The molecule has 0 unspecified atom stereocenters. The highest BCUT2D eigenvalue weighted by Crippen LogP contribution is 2.51. The third-order valence-corrected chi connectivity index (χ3v) is 5.79. The number of amides is 1. The van der Waals surface area contributed by atoms with Crippen LogP contribution in [-0.4, -0.2) is 48.8 Å². The highest BCUT2D eigenvalue weighted by Gasteiger charge is 2.49. The average Bonchev–Trinajstić information content (AvgIpc) is 2.61. The fraction of sp³-hybridized carbons (Fsp3) is 0.632. The van der Waals surface area contributed by atoms with E-state index in [-0.39, 0.29) is 24.4 Å². The molecule has 25 heavy (non-hydrogen) atoms. The van der Waals surface area contributed by atoms with Crippen LogP contribution in [0.1, 0.15) is 43.7 Å². The van der Waals surface area contributed by atoms with Gasteiger partial charge in [-0.05, 0) is 25.3 Å². The van der Waals surface area contributed by atoms with E-state index in [0.717, 1.165) is 37.0 Å². The maximum absolute atomic E-state index is 11.6. The van der Waals surface area contributed by atoms with Gasteiger partial charge in [0.05, 0.1) is 26.4 Å². The number of nitrogens with zero attached hydrogens (tertiary/aromatic N) is 1. The molecule has 0 aromatic heterocycles. The van der Waals surface area contributed by atoms with Gasteiger partial charge in [-0.2, -0.15) is 0 Å². The molecule has 1 aliphatic heterocycles. The van der Waals surface area contributed by atoms with E-state index < -0.39 is 5.60 Å². The fourth-order valence-corrected chi connectivity index (χ4v) is 4.60. The number of hydrogen-bond acceptors (Lipinski definition) is 5. The second-order valence-electron chi connectivity index (χ2n) is 7.20. The van der Waals surface area contributed by atoms with Crippen LogP contribution < -0.4 is 15.2 Å². The van der Waals surface area contributed by atoms with Gasteiger partial charge in [-0.15, -0.1) is 0 Å². The van der Waals surface area contributed by atoms with Crippen molar-refractivity contribution in [2.24, 2.45) is 11.7 Å². The summed E-state index contributed by atoms with van der Waals surface area (Å²) in [4.78, 5) is 13.7. The maximum Gasteiger partial charge on any atom is 0.231 e.